The fraction of sp³-hybridized carbons (Fsp3) is 0.444. The van der Waals surface area contributed by atoms with Gasteiger partial charge >= 0.3 is 0 Å². The van der Waals surface area contributed by atoms with Crippen LogP contribution in [0.3, 0.4) is 0 Å². The van der Waals surface area contributed by atoms with Gasteiger partial charge in [0, 0.05) is 12.3 Å². The second-order valence-corrected chi connectivity index (χ2v) is 6.22. The van der Waals surface area contributed by atoms with Crippen molar-refractivity contribution in [3.8, 4) is 0 Å². The summed E-state index contributed by atoms with van der Waals surface area (Å²) < 4.78 is 22.2. The van der Waals surface area contributed by atoms with E-state index in [1.807, 2.05) is 0 Å². The fourth-order valence-electron chi connectivity index (χ4n) is 1.46. The number of aromatic nitrogens is 1. The normalized spacial score (nSPS) is 13.0. The Morgan fingerprint density at radius 2 is 2.17 bits per heavy atom. The molecule has 1 unspecified atom stereocenters. The molecule has 0 aromatic carbocycles. The zero-order valence-corrected chi connectivity index (χ0v) is 10.8. The van der Waals surface area contributed by atoms with Gasteiger partial charge in [-0.15, -0.1) is 0 Å². The monoisotopic (exact) mass is 274 g/mol. The molecule has 0 amide bonds. The molecule has 1 aromatic heterocycles. The molecule has 0 spiro atoms. The minimum atomic E-state index is -3.14. The predicted molar refractivity (Wildman–Crippen MR) is 68.1 cm³/mol. The Hall–Kier alpha value is -1.90. The molecule has 0 fully saturated rings. The molecule has 0 saturated carbocycles. The van der Waals surface area contributed by atoms with E-state index in [4.69, 9.17) is 5.73 Å². The highest BCUT2D eigenvalue weighted by Crippen LogP contribution is 2.19. The van der Waals surface area contributed by atoms with Crippen molar-refractivity contribution < 1.29 is 13.3 Å². The number of nitro groups is 1. The highest BCUT2D eigenvalue weighted by atomic mass is 32.2. The molecular weight excluding hydrogens is 260 g/mol. The number of nitrogens with zero attached hydrogens (tertiary/aromatic N) is 2. The van der Waals surface area contributed by atoms with E-state index in [-0.39, 0.29) is 23.1 Å². The van der Waals surface area contributed by atoms with Crippen LogP contribution in [0.5, 0.6) is 0 Å². The van der Waals surface area contributed by atoms with Crippen molar-refractivity contribution in [3.63, 3.8) is 0 Å². The molecule has 1 aromatic rings. The van der Waals surface area contributed by atoms with Crippen LogP contribution in [-0.4, -0.2) is 36.4 Å². The van der Waals surface area contributed by atoms with Gasteiger partial charge in [-0.1, -0.05) is 0 Å². The maximum atomic E-state index is 11.1. The van der Waals surface area contributed by atoms with Crippen LogP contribution in [0.4, 0.5) is 17.3 Å². The lowest BCUT2D eigenvalue weighted by molar-refractivity contribution is -0.384. The molecule has 1 rings (SSSR count). The largest absolute Gasteiger partial charge is 0.383 e. The summed E-state index contributed by atoms with van der Waals surface area (Å²) >= 11 is 0. The molecule has 1 atom stereocenters. The van der Waals surface area contributed by atoms with E-state index in [0.717, 1.165) is 12.3 Å². The lowest BCUT2D eigenvalue weighted by atomic mass is 10.3. The van der Waals surface area contributed by atoms with Crippen LogP contribution in [0, 0.1) is 10.1 Å². The van der Waals surface area contributed by atoms with Gasteiger partial charge in [-0.3, -0.25) is 10.1 Å². The smallest absolute Gasteiger partial charge is 0.276 e. The maximum absolute atomic E-state index is 11.1. The van der Waals surface area contributed by atoms with Crippen molar-refractivity contribution in [2.45, 2.75) is 13.0 Å². The molecular formula is C9H14N4O4S. The number of anilines is 2. The number of sulfone groups is 1. The standard InChI is InChI=1S/C9H14N4O4S/c1-6(5-18(2,16)17)11-9-4-7(13(14)15)3-8(10)12-9/h3-4,6H,5H2,1-2H3,(H3,10,11,12). The van der Waals surface area contributed by atoms with E-state index in [1.54, 1.807) is 6.92 Å². The summed E-state index contributed by atoms with van der Waals surface area (Å²) in [5, 5.41) is 13.4. The Morgan fingerprint density at radius 3 is 2.67 bits per heavy atom. The third kappa shape index (κ3) is 4.53. The number of pyridine rings is 1. The molecule has 0 aliphatic carbocycles. The van der Waals surface area contributed by atoms with Crippen LogP contribution < -0.4 is 11.1 Å². The summed E-state index contributed by atoms with van der Waals surface area (Å²) in [4.78, 5) is 13.9. The van der Waals surface area contributed by atoms with E-state index < -0.39 is 20.8 Å². The molecule has 0 saturated heterocycles. The number of nitrogen functional groups attached to an aromatic ring is 1. The zero-order valence-electron chi connectivity index (χ0n) is 9.95. The van der Waals surface area contributed by atoms with Crippen molar-refractivity contribution in [1.29, 1.82) is 0 Å². The van der Waals surface area contributed by atoms with E-state index in [1.165, 1.54) is 6.07 Å². The molecule has 3 N–H and O–H groups in total. The first-order chi connectivity index (χ1) is 8.17. The first-order valence-electron chi connectivity index (χ1n) is 5.03. The van der Waals surface area contributed by atoms with Gasteiger partial charge in [0.1, 0.15) is 21.5 Å². The zero-order chi connectivity index (χ0) is 13.9. The van der Waals surface area contributed by atoms with Crippen molar-refractivity contribution in [3.05, 3.63) is 22.2 Å². The Bertz CT molecular complexity index is 558. The third-order valence-corrected chi connectivity index (χ3v) is 3.09. The average Bonchev–Trinajstić information content (AvgIpc) is 2.12. The summed E-state index contributed by atoms with van der Waals surface area (Å²) in [6.45, 7) is 1.64. The Balaban J connectivity index is 2.88. The van der Waals surface area contributed by atoms with E-state index in [9.17, 15) is 18.5 Å². The maximum Gasteiger partial charge on any atom is 0.276 e. The van der Waals surface area contributed by atoms with Crippen LogP contribution in [0.1, 0.15) is 6.92 Å². The summed E-state index contributed by atoms with van der Waals surface area (Å²) in [6.07, 6.45) is 1.11. The molecule has 0 bridgehead atoms. The van der Waals surface area contributed by atoms with Gasteiger partial charge in [-0.05, 0) is 6.92 Å². The van der Waals surface area contributed by atoms with Gasteiger partial charge in [0.25, 0.3) is 5.69 Å². The quantitative estimate of drug-likeness (QED) is 0.588. The van der Waals surface area contributed by atoms with E-state index in [2.05, 4.69) is 10.3 Å². The molecule has 1 heterocycles. The summed E-state index contributed by atoms with van der Waals surface area (Å²) in [5.74, 6) is 0.0770. The van der Waals surface area contributed by atoms with Crippen molar-refractivity contribution in [2.24, 2.45) is 0 Å². The van der Waals surface area contributed by atoms with E-state index >= 15 is 0 Å². The second-order valence-electron chi connectivity index (χ2n) is 4.03. The van der Waals surface area contributed by atoms with Gasteiger partial charge in [0.15, 0.2) is 0 Å². The minimum absolute atomic E-state index is 0.00162. The predicted octanol–water partition coefficient (Wildman–Crippen LogP) is 0.417. The number of rotatable bonds is 5. The van der Waals surface area contributed by atoms with Crippen molar-refractivity contribution in [2.75, 3.05) is 23.1 Å². The Kier molecular flexibility index (Phi) is 4.07. The molecule has 18 heavy (non-hydrogen) atoms. The SMILES string of the molecule is CC(CS(C)(=O)=O)Nc1cc([N+](=O)[O-])cc(N)n1. The number of nitrogens with two attached hydrogens (primary N) is 1. The van der Waals surface area contributed by atoms with Gasteiger partial charge < -0.3 is 11.1 Å². The molecule has 0 radical (unpaired) electrons. The Morgan fingerprint density at radius 1 is 1.56 bits per heavy atom. The van der Waals surface area contributed by atoms with Gasteiger partial charge in [-0.25, -0.2) is 13.4 Å². The highest BCUT2D eigenvalue weighted by molar-refractivity contribution is 7.90. The van der Waals surface area contributed by atoms with E-state index in [0.29, 0.717) is 0 Å². The van der Waals surface area contributed by atoms with Crippen LogP contribution in [0.25, 0.3) is 0 Å². The number of hydrogen-bond acceptors (Lipinski definition) is 7. The first-order valence-corrected chi connectivity index (χ1v) is 7.09. The topological polar surface area (TPSA) is 128 Å². The first kappa shape index (κ1) is 14.2. The van der Waals surface area contributed by atoms with Crippen LogP contribution in [-0.2, 0) is 9.84 Å². The Labute approximate surface area is 104 Å². The molecule has 0 aliphatic rings. The second kappa shape index (κ2) is 5.17. The summed E-state index contributed by atoms with van der Waals surface area (Å²) in [6, 6.07) is 1.91. The lowest BCUT2D eigenvalue weighted by Gasteiger charge is -2.13. The summed E-state index contributed by atoms with van der Waals surface area (Å²) in [5.41, 5.74) is 5.23. The van der Waals surface area contributed by atoms with Crippen molar-refractivity contribution >= 4 is 27.2 Å². The lowest BCUT2D eigenvalue weighted by Crippen LogP contribution is -2.25. The molecule has 9 heteroatoms. The number of hydrogen-bond donors (Lipinski definition) is 2. The van der Waals surface area contributed by atoms with Gasteiger partial charge in [-0.2, -0.15) is 0 Å². The van der Waals surface area contributed by atoms with Gasteiger partial charge in [0.2, 0.25) is 0 Å². The molecule has 100 valence electrons. The van der Waals surface area contributed by atoms with Crippen LogP contribution in [0.15, 0.2) is 12.1 Å². The summed E-state index contributed by atoms with van der Waals surface area (Å²) in [7, 11) is -3.14. The molecule has 0 aliphatic heterocycles. The van der Waals surface area contributed by atoms with Gasteiger partial charge in [0.05, 0.1) is 22.8 Å². The fourth-order valence-corrected chi connectivity index (χ4v) is 2.46. The average molecular weight is 274 g/mol. The van der Waals surface area contributed by atoms with Crippen LogP contribution >= 0.6 is 0 Å². The van der Waals surface area contributed by atoms with Crippen LogP contribution in [0.2, 0.25) is 0 Å². The molecule has 8 nitrogen and oxygen atoms in total. The number of nitrogens with one attached hydrogen (secondary N) is 1. The van der Waals surface area contributed by atoms with Crippen molar-refractivity contribution in [1.82, 2.24) is 4.98 Å². The minimum Gasteiger partial charge on any atom is -0.383 e. The highest BCUT2D eigenvalue weighted by Gasteiger charge is 2.14. The third-order valence-electron chi connectivity index (χ3n) is 1.99.